The average molecular weight is 453 g/mol. The number of carbonyl (C=O) groups is 3. The fourth-order valence-corrected chi connectivity index (χ4v) is 4.92. The lowest BCUT2D eigenvalue weighted by atomic mass is 10.1. The molecule has 9 nitrogen and oxygen atoms in total. The molecular formula is C21H28N2O7S. The number of hydrogen-bond acceptors (Lipinski definition) is 7. The Morgan fingerprint density at radius 3 is 2.52 bits per heavy atom. The number of carbonyl (C=O) groups excluding carboxylic acids is 2. The first-order valence-electron chi connectivity index (χ1n) is 10.4. The smallest absolute Gasteiger partial charge is 0.327 e. The van der Waals surface area contributed by atoms with Gasteiger partial charge in [-0.05, 0) is 25.3 Å². The van der Waals surface area contributed by atoms with Crippen molar-refractivity contribution in [3.05, 3.63) is 39.9 Å². The molecule has 1 unspecified atom stereocenters. The van der Waals surface area contributed by atoms with E-state index in [0.29, 0.717) is 25.0 Å². The second-order valence-corrected chi connectivity index (χ2v) is 8.38. The van der Waals surface area contributed by atoms with Gasteiger partial charge in [-0.3, -0.25) is 19.7 Å². The molecule has 0 spiro atoms. The van der Waals surface area contributed by atoms with E-state index in [9.17, 15) is 29.6 Å². The van der Waals surface area contributed by atoms with Crippen LogP contribution in [0.2, 0.25) is 0 Å². The summed E-state index contributed by atoms with van der Waals surface area (Å²) in [5.74, 6) is -1.30. The van der Waals surface area contributed by atoms with Gasteiger partial charge in [-0.15, -0.1) is 11.8 Å². The number of amides is 1. The minimum absolute atomic E-state index is 0.0907. The highest BCUT2D eigenvalue weighted by Gasteiger charge is 2.42. The summed E-state index contributed by atoms with van der Waals surface area (Å²) >= 11 is 1.30. The molecule has 170 valence electrons. The number of carboxylic acid groups (broad SMARTS) is 1. The van der Waals surface area contributed by atoms with E-state index in [0.717, 1.165) is 25.7 Å². The van der Waals surface area contributed by atoms with Gasteiger partial charge in [0.15, 0.2) is 0 Å². The predicted molar refractivity (Wildman–Crippen MR) is 116 cm³/mol. The van der Waals surface area contributed by atoms with E-state index in [2.05, 4.69) is 0 Å². The molecule has 0 saturated carbocycles. The van der Waals surface area contributed by atoms with Gasteiger partial charge in [0.2, 0.25) is 5.91 Å². The minimum atomic E-state index is -1.08. The van der Waals surface area contributed by atoms with Gasteiger partial charge in [-0.25, -0.2) is 4.79 Å². The molecule has 1 aliphatic heterocycles. The maximum Gasteiger partial charge on any atom is 0.327 e. The predicted octanol–water partition coefficient (Wildman–Crippen LogP) is 3.92. The fourth-order valence-electron chi connectivity index (χ4n) is 3.49. The zero-order valence-corrected chi connectivity index (χ0v) is 18.3. The van der Waals surface area contributed by atoms with Crippen LogP contribution < -0.4 is 0 Å². The number of non-ortho nitro benzene ring substituents is 1. The Balaban J connectivity index is 1.90. The zero-order chi connectivity index (χ0) is 22.8. The van der Waals surface area contributed by atoms with Crippen LogP contribution in [0.5, 0.6) is 0 Å². The second kappa shape index (κ2) is 12.3. The van der Waals surface area contributed by atoms with Crippen LogP contribution in [-0.2, 0) is 19.1 Å². The summed E-state index contributed by atoms with van der Waals surface area (Å²) in [6.07, 6.45) is 4.50. The van der Waals surface area contributed by atoms with Crippen LogP contribution in [-0.4, -0.2) is 51.2 Å². The van der Waals surface area contributed by atoms with E-state index in [1.807, 2.05) is 0 Å². The van der Waals surface area contributed by atoms with Crippen molar-refractivity contribution in [3.63, 3.8) is 0 Å². The number of benzene rings is 1. The van der Waals surface area contributed by atoms with Gasteiger partial charge in [0.1, 0.15) is 11.4 Å². The van der Waals surface area contributed by atoms with E-state index < -0.39 is 22.3 Å². The third kappa shape index (κ3) is 7.23. The Kier molecular flexibility index (Phi) is 9.77. The van der Waals surface area contributed by atoms with Crippen molar-refractivity contribution < 1.29 is 29.2 Å². The van der Waals surface area contributed by atoms with Gasteiger partial charge in [-0.1, -0.05) is 31.4 Å². The molecule has 0 bridgehead atoms. The number of nitro benzene ring substituents is 1. The lowest BCUT2D eigenvalue weighted by Crippen LogP contribution is -2.42. The molecule has 0 aliphatic carbocycles. The van der Waals surface area contributed by atoms with E-state index in [1.165, 1.54) is 28.8 Å². The summed E-state index contributed by atoms with van der Waals surface area (Å²) < 4.78 is 4.88. The monoisotopic (exact) mass is 452 g/mol. The zero-order valence-electron chi connectivity index (χ0n) is 17.5. The number of ether oxygens (including phenoxy) is 1. The largest absolute Gasteiger partial charge is 0.480 e. The number of aliphatic carboxylic acids is 1. The summed E-state index contributed by atoms with van der Waals surface area (Å²) in [4.78, 5) is 47.8. The summed E-state index contributed by atoms with van der Waals surface area (Å²) in [6, 6.07) is 5.03. The van der Waals surface area contributed by atoms with Crippen LogP contribution in [0.15, 0.2) is 24.3 Å². The third-order valence-corrected chi connectivity index (χ3v) is 6.34. The number of esters is 1. The normalized spacial score (nSPS) is 18.0. The Morgan fingerprint density at radius 1 is 1.19 bits per heavy atom. The molecule has 1 saturated heterocycles. The number of nitrogens with zero attached hydrogens (tertiary/aromatic N) is 2. The molecule has 1 heterocycles. The lowest BCUT2D eigenvalue weighted by Gasteiger charge is -2.27. The average Bonchev–Trinajstić information content (AvgIpc) is 3.19. The van der Waals surface area contributed by atoms with E-state index in [-0.39, 0.29) is 29.7 Å². The second-order valence-electron chi connectivity index (χ2n) is 7.27. The summed E-state index contributed by atoms with van der Waals surface area (Å²) in [7, 11) is 0. The lowest BCUT2D eigenvalue weighted by molar-refractivity contribution is -0.384. The Morgan fingerprint density at radius 2 is 1.87 bits per heavy atom. The molecule has 10 heteroatoms. The molecule has 1 fully saturated rings. The quantitative estimate of drug-likeness (QED) is 0.219. The van der Waals surface area contributed by atoms with Gasteiger partial charge in [0.25, 0.3) is 5.69 Å². The van der Waals surface area contributed by atoms with Crippen molar-refractivity contribution in [1.29, 1.82) is 0 Å². The summed E-state index contributed by atoms with van der Waals surface area (Å²) in [6.45, 7) is 2.15. The van der Waals surface area contributed by atoms with Crippen LogP contribution in [0.3, 0.4) is 0 Å². The van der Waals surface area contributed by atoms with Gasteiger partial charge in [0, 0.05) is 30.7 Å². The molecule has 31 heavy (non-hydrogen) atoms. The first kappa shape index (κ1) is 24.6. The van der Waals surface area contributed by atoms with Crippen molar-refractivity contribution in [3.8, 4) is 0 Å². The number of hydrogen-bond donors (Lipinski definition) is 1. The SMILES string of the molecule is CCOC(=O)CCCCCCCC(=O)N1C(c2cccc([N+](=O)[O-])c2)SC[C@H]1C(=O)O. The van der Waals surface area contributed by atoms with Gasteiger partial charge < -0.3 is 14.7 Å². The van der Waals surface area contributed by atoms with Crippen molar-refractivity contribution in [1.82, 2.24) is 4.90 Å². The molecule has 1 aromatic carbocycles. The number of nitro groups is 1. The van der Waals surface area contributed by atoms with E-state index >= 15 is 0 Å². The van der Waals surface area contributed by atoms with Crippen molar-refractivity contribution in [2.45, 2.75) is 63.3 Å². The Bertz CT molecular complexity index is 802. The number of unbranched alkanes of at least 4 members (excludes halogenated alkanes) is 4. The minimum Gasteiger partial charge on any atom is -0.480 e. The van der Waals surface area contributed by atoms with Crippen LogP contribution in [0.1, 0.15) is 62.8 Å². The highest BCUT2D eigenvalue weighted by atomic mass is 32.2. The van der Waals surface area contributed by atoms with Crippen molar-refractivity contribution in [2.75, 3.05) is 12.4 Å². The van der Waals surface area contributed by atoms with E-state index in [1.54, 1.807) is 19.1 Å². The highest BCUT2D eigenvalue weighted by molar-refractivity contribution is 7.99. The van der Waals surface area contributed by atoms with E-state index in [4.69, 9.17) is 4.74 Å². The van der Waals surface area contributed by atoms with Gasteiger partial charge in [-0.2, -0.15) is 0 Å². The molecule has 1 amide bonds. The Hall–Kier alpha value is -2.62. The molecule has 2 rings (SSSR count). The molecule has 1 N–H and O–H groups in total. The fraction of sp³-hybridized carbons (Fsp3) is 0.571. The molecule has 2 atom stereocenters. The summed E-state index contributed by atoms with van der Waals surface area (Å²) in [5, 5.41) is 20.1. The molecule has 1 aliphatic rings. The van der Waals surface area contributed by atoms with Gasteiger partial charge in [0.05, 0.1) is 11.5 Å². The molecule has 0 aromatic heterocycles. The first-order valence-corrected chi connectivity index (χ1v) is 11.5. The maximum absolute atomic E-state index is 12.9. The third-order valence-electron chi connectivity index (χ3n) is 5.02. The van der Waals surface area contributed by atoms with Crippen LogP contribution in [0, 0.1) is 10.1 Å². The number of carboxylic acids is 1. The van der Waals surface area contributed by atoms with Gasteiger partial charge >= 0.3 is 11.9 Å². The molecule has 0 radical (unpaired) electrons. The van der Waals surface area contributed by atoms with Crippen molar-refractivity contribution >= 4 is 35.3 Å². The standard InChI is InChI=1S/C21H28N2O7S/c1-2-30-19(25)12-7-5-3-4-6-11-18(24)22-17(21(26)27)14-31-20(22)15-9-8-10-16(13-15)23(28)29/h8-10,13,17,20H,2-7,11-12,14H2,1H3,(H,26,27)/t17-,20?/m0/s1. The maximum atomic E-state index is 12.9. The van der Waals surface area contributed by atoms with Crippen LogP contribution in [0.4, 0.5) is 5.69 Å². The first-order chi connectivity index (χ1) is 14.8. The molecular weight excluding hydrogens is 424 g/mol. The molecule has 1 aromatic rings. The highest BCUT2D eigenvalue weighted by Crippen LogP contribution is 2.42. The number of rotatable bonds is 12. The Labute approximate surface area is 185 Å². The summed E-state index contributed by atoms with van der Waals surface area (Å²) in [5.41, 5.74) is 0.461. The topological polar surface area (TPSA) is 127 Å². The number of thioether (sulfide) groups is 1. The van der Waals surface area contributed by atoms with Crippen LogP contribution in [0.25, 0.3) is 0 Å². The van der Waals surface area contributed by atoms with Crippen LogP contribution >= 0.6 is 11.8 Å². The van der Waals surface area contributed by atoms with Crippen molar-refractivity contribution in [2.24, 2.45) is 0 Å².